The number of rotatable bonds is 2. The van der Waals surface area contributed by atoms with Gasteiger partial charge in [-0.25, -0.2) is 9.48 Å². The molecule has 0 atom stereocenters. The highest BCUT2D eigenvalue weighted by Gasteiger charge is 2.14. The number of H-pyrrole nitrogens is 1. The number of carbonyl (C=O) groups excluding carboxylic acids is 1. The van der Waals surface area contributed by atoms with Gasteiger partial charge >= 0.3 is 5.69 Å². The molecule has 1 amide bonds. The maximum atomic E-state index is 12.0. The van der Waals surface area contributed by atoms with Crippen LogP contribution in [0.4, 0.5) is 5.69 Å². The van der Waals surface area contributed by atoms with Crippen LogP contribution in [0.1, 0.15) is 27.3 Å². The number of hydrogen-bond donors (Lipinski definition) is 2. The van der Waals surface area contributed by atoms with E-state index in [9.17, 15) is 9.59 Å². The molecule has 0 radical (unpaired) electrons. The molecule has 19 heavy (non-hydrogen) atoms. The van der Waals surface area contributed by atoms with Crippen molar-refractivity contribution in [3.8, 4) is 0 Å². The number of amides is 1. The Labute approximate surface area is 110 Å². The van der Waals surface area contributed by atoms with Crippen molar-refractivity contribution < 1.29 is 4.79 Å². The van der Waals surface area contributed by atoms with Crippen LogP contribution in [-0.4, -0.2) is 20.7 Å². The molecule has 0 bridgehead atoms. The van der Waals surface area contributed by atoms with Crippen molar-refractivity contribution in [2.75, 3.05) is 5.32 Å². The second-order valence-corrected chi connectivity index (χ2v) is 4.63. The molecule has 2 N–H and O–H groups in total. The Morgan fingerprint density at radius 1 is 1.26 bits per heavy atom. The van der Waals surface area contributed by atoms with E-state index in [1.54, 1.807) is 0 Å². The van der Waals surface area contributed by atoms with Crippen molar-refractivity contribution in [3.05, 3.63) is 45.1 Å². The standard InChI is InChI=1S/C13H16N4O2/c1-7-5-8(2)10(9(3)6-7)14-12(18)11-15-13(19)17(4)16-11/h5-6H,1-4H3,(H,14,18)(H,15,16,19). The summed E-state index contributed by atoms with van der Waals surface area (Å²) in [6, 6.07) is 3.98. The van der Waals surface area contributed by atoms with Crippen LogP contribution >= 0.6 is 0 Å². The zero-order chi connectivity index (χ0) is 14.2. The molecule has 0 spiro atoms. The van der Waals surface area contributed by atoms with E-state index in [0.29, 0.717) is 0 Å². The van der Waals surface area contributed by atoms with E-state index >= 15 is 0 Å². The minimum atomic E-state index is -0.423. The molecule has 1 aromatic carbocycles. The zero-order valence-electron chi connectivity index (χ0n) is 11.4. The summed E-state index contributed by atoms with van der Waals surface area (Å²) >= 11 is 0. The van der Waals surface area contributed by atoms with Crippen LogP contribution in [0.3, 0.4) is 0 Å². The van der Waals surface area contributed by atoms with Gasteiger partial charge in [-0.05, 0) is 31.9 Å². The molecule has 1 aromatic heterocycles. The number of hydrogen-bond acceptors (Lipinski definition) is 3. The van der Waals surface area contributed by atoms with Crippen LogP contribution in [0.25, 0.3) is 0 Å². The molecule has 6 heteroatoms. The van der Waals surface area contributed by atoms with Crippen molar-refractivity contribution in [3.63, 3.8) is 0 Å². The molecular weight excluding hydrogens is 244 g/mol. The van der Waals surface area contributed by atoms with Gasteiger partial charge in [0.05, 0.1) is 0 Å². The summed E-state index contributed by atoms with van der Waals surface area (Å²) in [6.45, 7) is 5.86. The van der Waals surface area contributed by atoms with Crippen molar-refractivity contribution in [1.82, 2.24) is 14.8 Å². The molecule has 0 unspecified atom stereocenters. The third kappa shape index (κ3) is 2.57. The van der Waals surface area contributed by atoms with E-state index in [1.807, 2.05) is 32.9 Å². The van der Waals surface area contributed by atoms with Crippen LogP contribution in [0.5, 0.6) is 0 Å². The quantitative estimate of drug-likeness (QED) is 0.853. The monoisotopic (exact) mass is 260 g/mol. The lowest BCUT2D eigenvalue weighted by atomic mass is 10.1. The minimum absolute atomic E-state index is 0.00637. The lowest BCUT2D eigenvalue weighted by Gasteiger charge is -2.11. The smallest absolute Gasteiger partial charge is 0.319 e. The maximum absolute atomic E-state index is 12.0. The van der Waals surface area contributed by atoms with E-state index < -0.39 is 11.6 Å². The molecule has 100 valence electrons. The first-order valence-electron chi connectivity index (χ1n) is 5.91. The van der Waals surface area contributed by atoms with E-state index in [-0.39, 0.29) is 5.82 Å². The summed E-state index contributed by atoms with van der Waals surface area (Å²) < 4.78 is 1.09. The van der Waals surface area contributed by atoms with Gasteiger partial charge in [-0.15, -0.1) is 5.10 Å². The fourth-order valence-electron chi connectivity index (χ4n) is 2.05. The van der Waals surface area contributed by atoms with Crippen molar-refractivity contribution >= 4 is 11.6 Å². The van der Waals surface area contributed by atoms with Gasteiger partial charge in [0.25, 0.3) is 5.91 Å². The van der Waals surface area contributed by atoms with Gasteiger partial charge < -0.3 is 5.32 Å². The maximum Gasteiger partial charge on any atom is 0.343 e. The number of benzene rings is 1. The van der Waals surface area contributed by atoms with E-state index in [0.717, 1.165) is 27.1 Å². The molecule has 6 nitrogen and oxygen atoms in total. The van der Waals surface area contributed by atoms with Gasteiger partial charge in [0.2, 0.25) is 5.82 Å². The number of aromatic nitrogens is 3. The van der Waals surface area contributed by atoms with Gasteiger partial charge in [0.15, 0.2) is 0 Å². The first-order chi connectivity index (χ1) is 8.88. The van der Waals surface area contributed by atoms with Gasteiger partial charge in [0.1, 0.15) is 0 Å². The molecular formula is C13H16N4O2. The number of aryl methyl sites for hydroxylation is 4. The number of aromatic amines is 1. The van der Waals surface area contributed by atoms with Crippen LogP contribution in [0, 0.1) is 20.8 Å². The lowest BCUT2D eigenvalue weighted by molar-refractivity contribution is 0.101. The Kier molecular flexibility index (Phi) is 3.25. The van der Waals surface area contributed by atoms with Crippen LogP contribution in [-0.2, 0) is 7.05 Å². The topological polar surface area (TPSA) is 79.8 Å². The highest BCUT2D eigenvalue weighted by atomic mass is 16.2. The Morgan fingerprint density at radius 2 is 1.84 bits per heavy atom. The average Bonchev–Trinajstić information content (AvgIpc) is 2.64. The molecule has 0 fully saturated rings. The molecule has 2 rings (SSSR count). The van der Waals surface area contributed by atoms with E-state index in [2.05, 4.69) is 15.4 Å². The molecule has 0 saturated carbocycles. The number of anilines is 1. The predicted octanol–water partition coefficient (Wildman–Crippen LogP) is 1.29. The molecule has 0 aliphatic carbocycles. The number of nitrogens with one attached hydrogen (secondary N) is 2. The fraction of sp³-hybridized carbons (Fsp3) is 0.308. The summed E-state index contributed by atoms with van der Waals surface area (Å²) in [5.74, 6) is -0.417. The first kappa shape index (κ1) is 13.1. The van der Waals surface area contributed by atoms with Gasteiger partial charge in [-0.1, -0.05) is 17.7 Å². The largest absolute Gasteiger partial charge is 0.343 e. The second-order valence-electron chi connectivity index (χ2n) is 4.63. The summed E-state index contributed by atoms with van der Waals surface area (Å²) in [4.78, 5) is 25.7. The molecule has 0 aliphatic heterocycles. The summed E-state index contributed by atoms with van der Waals surface area (Å²) in [6.07, 6.45) is 0. The van der Waals surface area contributed by atoms with Gasteiger partial charge in [-0.2, -0.15) is 0 Å². The van der Waals surface area contributed by atoms with Crippen LogP contribution in [0.15, 0.2) is 16.9 Å². The third-order valence-electron chi connectivity index (χ3n) is 2.90. The Bertz CT molecular complexity index is 674. The molecule has 1 heterocycles. The predicted molar refractivity (Wildman–Crippen MR) is 72.4 cm³/mol. The molecule has 0 aliphatic rings. The Hall–Kier alpha value is -2.37. The summed E-state index contributed by atoms with van der Waals surface area (Å²) in [7, 11) is 1.48. The lowest BCUT2D eigenvalue weighted by Crippen LogP contribution is -2.16. The van der Waals surface area contributed by atoms with Crippen molar-refractivity contribution in [1.29, 1.82) is 0 Å². The summed E-state index contributed by atoms with van der Waals surface area (Å²) in [5, 5.41) is 6.60. The van der Waals surface area contributed by atoms with Crippen molar-refractivity contribution in [2.24, 2.45) is 7.05 Å². The third-order valence-corrected chi connectivity index (χ3v) is 2.90. The molecule has 0 saturated heterocycles. The number of carbonyl (C=O) groups is 1. The fourth-order valence-corrected chi connectivity index (χ4v) is 2.05. The van der Waals surface area contributed by atoms with Crippen LogP contribution in [0.2, 0.25) is 0 Å². The highest BCUT2D eigenvalue weighted by molar-refractivity contribution is 6.02. The van der Waals surface area contributed by atoms with Gasteiger partial charge in [-0.3, -0.25) is 9.78 Å². The second kappa shape index (κ2) is 4.72. The zero-order valence-corrected chi connectivity index (χ0v) is 11.4. The van der Waals surface area contributed by atoms with E-state index in [1.165, 1.54) is 7.05 Å². The number of nitrogens with zero attached hydrogens (tertiary/aromatic N) is 2. The highest BCUT2D eigenvalue weighted by Crippen LogP contribution is 2.22. The van der Waals surface area contributed by atoms with Gasteiger partial charge in [0, 0.05) is 12.7 Å². The summed E-state index contributed by atoms with van der Waals surface area (Å²) in [5.41, 5.74) is 3.43. The van der Waals surface area contributed by atoms with E-state index in [4.69, 9.17) is 0 Å². The first-order valence-corrected chi connectivity index (χ1v) is 5.91. The van der Waals surface area contributed by atoms with Crippen LogP contribution < -0.4 is 11.0 Å². The Balaban J connectivity index is 2.31. The minimum Gasteiger partial charge on any atom is -0.319 e. The molecule has 2 aromatic rings. The average molecular weight is 260 g/mol. The van der Waals surface area contributed by atoms with Crippen molar-refractivity contribution in [2.45, 2.75) is 20.8 Å². The SMILES string of the molecule is Cc1cc(C)c(NC(=O)c2nn(C)c(=O)[nH]2)c(C)c1. The Morgan fingerprint density at radius 3 is 2.32 bits per heavy atom. The normalized spacial score (nSPS) is 10.5.